The van der Waals surface area contributed by atoms with Crippen molar-refractivity contribution in [1.29, 1.82) is 0 Å². The SMILES string of the molecule is CN1CCN(c2cccc(F)c2CNC2CC2)CC1. The Morgan fingerprint density at radius 2 is 1.95 bits per heavy atom. The van der Waals surface area contributed by atoms with Gasteiger partial charge in [0.05, 0.1) is 0 Å². The fraction of sp³-hybridized carbons (Fsp3) is 0.600. The normalized spacial score (nSPS) is 20.8. The maximum Gasteiger partial charge on any atom is 0.129 e. The number of anilines is 1. The van der Waals surface area contributed by atoms with E-state index in [1.54, 1.807) is 6.07 Å². The molecule has 3 nitrogen and oxygen atoms in total. The van der Waals surface area contributed by atoms with Crippen molar-refractivity contribution in [3.8, 4) is 0 Å². The molecule has 0 amide bonds. The quantitative estimate of drug-likeness (QED) is 0.894. The van der Waals surface area contributed by atoms with Gasteiger partial charge in [0.25, 0.3) is 0 Å². The Morgan fingerprint density at radius 3 is 2.63 bits per heavy atom. The van der Waals surface area contributed by atoms with Crippen LogP contribution in [-0.2, 0) is 6.54 Å². The summed E-state index contributed by atoms with van der Waals surface area (Å²) in [6.07, 6.45) is 2.47. The van der Waals surface area contributed by atoms with E-state index in [4.69, 9.17) is 0 Å². The molecule has 1 saturated heterocycles. The van der Waals surface area contributed by atoms with Crippen LogP contribution in [0.25, 0.3) is 0 Å². The zero-order chi connectivity index (χ0) is 13.2. The van der Waals surface area contributed by atoms with E-state index in [0.717, 1.165) is 37.4 Å². The molecular weight excluding hydrogens is 241 g/mol. The lowest BCUT2D eigenvalue weighted by atomic mass is 10.1. The predicted molar refractivity (Wildman–Crippen MR) is 76.0 cm³/mol. The Hall–Kier alpha value is -1.13. The van der Waals surface area contributed by atoms with Gasteiger partial charge in [-0.25, -0.2) is 4.39 Å². The molecule has 2 fully saturated rings. The maximum absolute atomic E-state index is 14.1. The topological polar surface area (TPSA) is 18.5 Å². The molecule has 1 aromatic carbocycles. The molecule has 104 valence electrons. The zero-order valence-electron chi connectivity index (χ0n) is 11.5. The lowest BCUT2D eigenvalue weighted by molar-refractivity contribution is 0.312. The van der Waals surface area contributed by atoms with Crippen molar-refractivity contribution in [3.63, 3.8) is 0 Å². The standard InChI is InChI=1S/C15H22FN3/c1-18-7-9-19(10-8-18)15-4-2-3-14(16)13(15)11-17-12-5-6-12/h2-4,12,17H,5-11H2,1H3. The Morgan fingerprint density at radius 1 is 1.21 bits per heavy atom. The van der Waals surface area contributed by atoms with Crippen LogP contribution in [0.15, 0.2) is 18.2 Å². The number of hydrogen-bond acceptors (Lipinski definition) is 3. The van der Waals surface area contributed by atoms with Gasteiger partial charge in [-0.2, -0.15) is 0 Å². The van der Waals surface area contributed by atoms with Gasteiger partial charge in [0, 0.05) is 50.0 Å². The van der Waals surface area contributed by atoms with Gasteiger partial charge in [0.15, 0.2) is 0 Å². The minimum atomic E-state index is -0.0791. The first-order valence-corrected chi connectivity index (χ1v) is 7.18. The van der Waals surface area contributed by atoms with Crippen LogP contribution in [0.2, 0.25) is 0 Å². The van der Waals surface area contributed by atoms with E-state index in [-0.39, 0.29) is 5.82 Å². The summed E-state index contributed by atoms with van der Waals surface area (Å²) < 4.78 is 14.1. The van der Waals surface area contributed by atoms with Crippen LogP contribution < -0.4 is 10.2 Å². The van der Waals surface area contributed by atoms with Crippen molar-refractivity contribution < 1.29 is 4.39 Å². The van der Waals surface area contributed by atoms with Gasteiger partial charge in [0.2, 0.25) is 0 Å². The third-order valence-corrected chi connectivity index (χ3v) is 4.08. The van der Waals surface area contributed by atoms with Gasteiger partial charge >= 0.3 is 0 Å². The number of halogens is 1. The first-order chi connectivity index (χ1) is 9.24. The predicted octanol–water partition coefficient (Wildman–Crippen LogP) is 1.83. The second-order valence-electron chi connectivity index (χ2n) is 5.68. The molecule has 0 unspecified atom stereocenters. The molecule has 1 aromatic rings. The van der Waals surface area contributed by atoms with Crippen molar-refractivity contribution in [2.45, 2.75) is 25.4 Å². The molecule has 0 radical (unpaired) electrons. The van der Waals surface area contributed by atoms with E-state index in [2.05, 4.69) is 28.2 Å². The summed E-state index contributed by atoms with van der Waals surface area (Å²) >= 11 is 0. The minimum Gasteiger partial charge on any atom is -0.369 e. The summed E-state index contributed by atoms with van der Waals surface area (Å²) in [5.41, 5.74) is 1.90. The summed E-state index contributed by atoms with van der Waals surface area (Å²) in [6.45, 7) is 4.71. The largest absolute Gasteiger partial charge is 0.369 e. The third kappa shape index (κ3) is 3.07. The van der Waals surface area contributed by atoms with Gasteiger partial charge < -0.3 is 15.1 Å². The van der Waals surface area contributed by atoms with E-state index in [1.165, 1.54) is 12.8 Å². The first-order valence-electron chi connectivity index (χ1n) is 7.18. The van der Waals surface area contributed by atoms with E-state index < -0.39 is 0 Å². The third-order valence-electron chi connectivity index (χ3n) is 4.08. The lowest BCUT2D eigenvalue weighted by Crippen LogP contribution is -2.45. The van der Waals surface area contributed by atoms with Crippen LogP contribution in [0.4, 0.5) is 10.1 Å². The lowest BCUT2D eigenvalue weighted by Gasteiger charge is -2.35. The average Bonchev–Trinajstić information content (AvgIpc) is 3.22. The van der Waals surface area contributed by atoms with E-state index in [9.17, 15) is 4.39 Å². The van der Waals surface area contributed by atoms with Gasteiger partial charge in [0.1, 0.15) is 5.82 Å². The number of likely N-dealkylation sites (N-methyl/N-ethyl adjacent to an activating group) is 1. The molecular formula is C15H22FN3. The maximum atomic E-state index is 14.1. The monoisotopic (exact) mass is 263 g/mol. The summed E-state index contributed by atoms with van der Waals surface area (Å²) in [7, 11) is 2.14. The number of nitrogens with zero attached hydrogens (tertiary/aromatic N) is 2. The van der Waals surface area contributed by atoms with E-state index in [1.807, 2.05) is 6.07 Å². The number of nitrogens with one attached hydrogen (secondary N) is 1. The Bertz CT molecular complexity index is 437. The fourth-order valence-electron chi connectivity index (χ4n) is 2.60. The highest BCUT2D eigenvalue weighted by Gasteiger charge is 2.23. The minimum absolute atomic E-state index is 0.0791. The number of piperazine rings is 1. The molecule has 1 aliphatic carbocycles. The Labute approximate surface area is 114 Å². The second kappa shape index (κ2) is 5.47. The number of rotatable bonds is 4. The molecule has 0 aromatic heterocycles. The molecule has 0 atom stereocenters. The van der Waals surface area contributed by atoms with Crippen LogP contribution >= 0.6 is 0 Å². The number of hydrogen-bond donors (Lipinski definition) is 1. The van der Waals surface area contributed by atoms with Crippen molar-refractivity contribution in [1.82, 2.24) is 10.2 Å². The highest BCUT2D eigenvalue weighted by molar-refractivity contribution is 5.54. The molecule has 3 rings (SSSR count). The zero-order valence-corrected chi connectivity index (χ0v) is 11.5. The summed E-state index contributed by atoms with van der Waals surface area (Å²) in [5.74, 6) is -0.0791. The molecule has 1 heterocycles. The summed E-state index contributed by atoms with van der Waals surface area (Å²) in [5, 5.41) is 3.42. The summed E-state index contributed by atoms with van der Waals surface area (Å²) in [4.78, 5) is 4.63. The average molecular weight is 263 g/mol. The Kier molecular flexibility index (Phi) is 3.71. The van der Waals surface area contributed by atoms with Gasteiger partial charge in [-0.3, -0.25) is 0 Å². The van der Waals surface area contributed by atoms with Crippen LogP contribution in [0, 0.1) is 5.82 Å². The fourth-order valence-corrected chi connectivity index (χ4v) is 2.60. The molecule has 1 aliphatic heterocycles. The highest BCUT2D eigenvalue weighted by Crippen LogP contribution is 2.26. The van der Waals surface area contributed by atoms with Crippen molar-refractivity contribution in [2.24, 2.45) is 0 Å². The molecule has 1 N–H and O–H groups in total. The van der Waals surface area contributed by atoms with Crippen LogP contribution in [0.3, 0.4) is 0 Å². The molecule has 0 bridgehead atoms. The molecule has 2 aliphatic rings. The van der Waals surface area contributed by atoms with Crippen molar-refractivity contribution in [3.05, 3.63) is 29.6 Å². The Balaban J connectivity index is 1.76. The van der Waals surface area contributed by atoms with Crippen molar-refractivity contribution >= 4 is 5.69 Å². The number of benzene rings is 1. The van der Waals surface area contributed by atoms with Crippen molar-refractivity contribution in [2.75, 3.05) is 38.1 Å². The van der Waals surface area contributed by atoms with Gasteiger partial charge in [-0.1, -0.05) is 6.07 Å². The molecule has 0 spiro atoms. The van der Waals surface area contributed by atoms with E-state index >= 15 is 0 Å². The highest BCUT2D eigenvalue weighted by atomic mass is 19.1. The van der Waals surface area contributed by atoms with Gasteiger partial charge in [-0.05, 0) is 32.0 Å². The smallest absolute Gasteiger partial charge is 0.129 e. The molecule has 19 heavy (non-hydrogen) atoms. The van der Waals surface area contributed by atoms with Crippen LogP contribution in [0.5, 0.6) is 0 Å². The van der Waals surface area contributed by atoms with Gasteiger partial charge in [-0.15, -0.1) is 0 Å². The van der Waals surface area contributed by atoms with Crippen LogP contribution in [-0.4, -0.2) is 44.2 Å². The summed E-state index contributed by atoms with van der Waals surface area (Å²) in [6, 6.07) is 6.06. The van der Waals surface area contributed by atoms with Crippen LogP contribution in [0.1, 0.15) is 18.4 Å². The molecule has 1 saturated carbocycles. The van der Waals surface area contributed by atoms with E-state index in [0.29, 0.717) is 12.6 Å². The molecule has 4 heteroatoms. The second-order valence-corrected chi connectivity index (χ2v) is 5.68. The first kappa shape index (κ1) is 12.9.